The quantitative estimate of drug-likeness (QED) is 0.616. The molecule has 7 nitrogen and oxygen atoms in total. The van der Waals surface area contributed by atoms with E-state index in [1.165, 1.54) is 0 Å². The summed E-state index contributed by atoms with van der Waals surface area (Å²) < 4.78 is 0. The standard InChI is InChI=1S/C25H28N6O/c1-18-21-11-12-23(32)31(17-20-9-3-6-14-27-20)25(21)29-24(28-18)22-10-4-7-15-30(22)16-19-8-2-5-13-26-19/h2-3,5-6,8-9,13-14,22H,4,7,10-12,15-17H2,1H3. The number of pyridine rings is 2. The van der Waals surface area contributed by atoms with E-state index in [4.69, 9.17) is 9.97 Å². The van der Waals surface area contributed by atoms with E-state index in [0.717, 1.165) is 66.6 Å². The van der Waals surface area contributed by atoms with Gasteiger partial charge in [-0.25, -0.2) is 9.97 Å². The first-order valence-corrected chi connectivity index (χ1v) is 11.4. The number of amides is 1. The monoisotopic (exact) mass is 428 g/mol. The smallest absolute Gasteiger partial charge is 0.228 e. The Kier molecular flexibility index (Phi) is 5.90. The fraction of sp³-hybridized carbons (Fsp3) is 0.400. The summed E-state index contributed by atoms with van der Waals surface area (Å²) in [5.41, 5.74) is 3.98. The summed E-state index contributed by atoms with van der Waals surface area (Å²) in [6, 6.07) is 12.0. The van der Waals surface area contributed by atoms with Gasteiger partial charge in [0.25, 0.3) is 0 Å². The maximum Gasteiger partial charge on any atom is 0.228 e. The van der Waals surface area contributed by atoms with Gasteiger partial charge in [0.15, 0.2) is 0 Å². The number of anilines is 1. The van der Waals surface area contributed by atoms with Crippen molar-refractivity contribution < 1.29 is 4.79 Å². The molecule has 2 aliphatic rings. The van der Waals surface area contributed by atoms with E-state index in [0.29, 0.717) is 19.4 Å². The summed E-state index contributed by atoms with van der Waals surface area (Å²) in [6.07, 6.45) is 8.12. The number of likely N-dealkylation sites (tertiary alicyclic amines) is 1. The molecule has 1 fully saturated rings. The third-order valence-corrected chi connectivity index (χ3v) is 6.40. The maximum absolute atomic E-state index is 12.9. The Morgan fingerprint density at radius 3 is 2.41 bits per heavy atom. The summed E-state index contributed by atoms with van der Waals surface area (Å²) >= 11 is 0. The number of aryl methyl sites for hydroxylation is 1. The van der Waals surface area contributed by atoms with Gasteiger partial charge in [0.05, 0.1) is 24.0 Å². The highest BCUT2D eigenvalue weighted by molar-refractivity contribution is 5.95. The van der Waals surface area contributed by atoms with Crippen LogP contribution in [-0.4, -0.2) is 37.3 Å². The molecule has 1 amide bonds. The zero-order chi connectivity index (χ0) is 21.9. The third-order valence-electron chi connectivity index (χ3n) is 6.40. The van der Waals surface area contributed by atoms with Crippen molar-refractivity contribution in [2.75, 3.05) is 11.4 Å². The Morgan fingerprint density at radius 1 is 0.938 bits per heavy atom. The van der Waals surface area contributed by atoms with Crippen LogP contribution in [0.1, 0.15) is 60.2 Å². The Bertz CT molecular complexity index is 1090. The second-order valence-electron chi connectivity index (χ2n) is 8.57. The molecule has 1 saturated heterocycles. The molecule has 5 rings (SSSR count). The molecular weight excluding hydrogens is 400 g/mol. The average Bonchev–Trinajstić information content (AvgIpc) is 2.82. The number of fused-ring (bicyclic) bond motifs is 1. The Morgan fingerprint density at radius 2 is 1.69 bits per heavy atom. The van der Waals surface area contributed by atoms with Crippen molar-refractivity contribution >= 4 is 11.7 Å². The number of hydrogen-bond acceptors (Lipinski definition) is 6. The number of nitrogens with zero attached hydrogens (tertiary/aromatic N) is 6. The van der Waals surface area contributed by atoms with Crippen LogP contribution in [0.2, 0.25) is 0 Å². The minimum Gasteiger partial charge on any atom is -0.290 e. The summed E-state index contributed by atoms with van der Waals surface area (Å²) in [7, 11) is 0. The van der Waals surface area contributed by atoms with Gasteiger partial charge in [-0.2, -0.15) is 0 Å². The van der Waals surface area contributed by atoms with Crippen LogP contribution in [0.5, 0.6) is 0 Å². The fourth-order valence-electron chi connectivity index (χ4n) is 4.74. The van der Waals surface area contributed by atoms with Gasteiger partial charge in [0, 0.05) is 36.6 Å². The molecule has 0 aromatic carbocycles. The first-order valence-electron chi connectivity index (χ1n) is 11.4. The van der Waals surface area contributed by atoms with Crippen LogP contribution in [0.25, 0.3) is 0 Å². The summed E-state index contributed by atoms with van der Waals surface area (Å²) in [5.74, 6) is 1.68. The van der Waals surface area contributed by atoms with Crippen LogP contribution in [-0.2, 0) is 24.3 Å². The number of hydrogen-bond donors (Lipinski definition) is 0. The van der Waals surface area contributed by atoms with Crippen molar-refractivity contribution in [2.24, 2.45) is 0 Å². The summed E-state index contributed by atoms with van der Waals surface area (Å²) in [4.78, 5) is 36.0. The predicted octanol–water partition coefficient (Wildman–Crippen LogP) is 3.78. The van der Waals surface area contributed by atoms with Gasteiger partial charge in [-0.15, -0.1) is 0 Å². The van der Waals surface area contributed by atoms with E-state index in [2.05, 4.69) is 20.9 Å². The van der Waals surface area contributed by atoms with Gasteiger partial charge in [-0.1, -0.05) is 18.6 Å². The molecule has 0 N–H and O–H groups in total. The molecular formula is C25H28N6O. The molecule has 32 heavy (non-hydrogen) atoms. The van der Waals surface area contributed by atoms with Crippen LogP contribution in [0.4, 0.5) is 5.82 Å². The third kappa shape index (κ3) is 4.25. The number of piperidine rings is 1. The number of carbonyl (C=O) groups is 1. The van der Waals surface area contributed by atoms with Crippen molar-refractivity contribution in [2.45, 2.75) is 58.2 Å². The number of carbonyl (C=O) groups excluding carboxylic acids is 1. The average molecular weight is 429 g/mol. The van der Waals surface area contributed by atoms with Crippen LogP contribution in [0.15, 0.2) is 48.8 Å². The molecule has 7 heteroatoms. The minimum atomic E-state index is 0.0983. The van der Waals surface area contributed by atoms with Crippen molar-refractivity contribution in [1.29, 1.82) is 0 Å². The lowest BCUT2D eigenvalue weighted by molar-refractivity contribution is -0.119. The lowest BCUT2D eigenvalue weighted by Crippen LogP contribution is -2.38. The first kappa shape index (κ1) is 20.7. The highest BCUT2D eigenvalue weighted by atomic mass is 16.2. The van der Waals surface area contributed by atoms with Crippen LogP contribution in [0, 0.1) is 6.92 Å². The highest BCUT2D eigenvalue weighted by Gasteiger charge is 2.32. The molecule has 0 spiro atoms. The molecule has 0 bridgehead atoms. The summed E-state index contributed by atoms with van der Waals surface area (Å²) in [6.45, 7) is 4.26. The van der Waals surface area contributed by atoms with E-state index in [1.54, 1.807) is 11.1 Å². The predicted molar refractivity (Wildman–Crippen MR) is 122 cm³/mol. The highest BCUT2D eigenvalue weighted by Crippen LogP contribution is 2.35. The Hall–Kier alpha value is -3.19. The van der Waals surface area contributed by atoms with Crippen LogP contribution in [0.3, 0.4) is 0 Å². The Balaban J connectivity index is 1.48. The molecule has 1 unspecified atom stereocenters. The second-order valence-corrected chi connectivity index (χ2v) is 8.57. The summed E-state index contributed by atoms with van der Waals surface area (Å²) in [5, 5.41) is 0. The van der Waals surface area contributed by atoms with Gasteiger partial charge in [0.2, 0.25) is 5.91 Å². The van der Waals surface area contributed by atoms with Crippen LogP contribution < -0.4 is 4.90 Å². The van der Waals surface area contributed by atoms with E-state index >= 15 is 0 Å². The first-order chi connectivity index (χ1) is 15.7. The molecule has 0 aliphatic carbocycles. The van der Waals surface area contributed by atoms with Crippen molar-refractivity contribution in [3.63, 3.8) is 0 Å². The lowest BCUT2D eigenvalue weighted by atomic mass is 9.99. The van der Waals surface area contributed by atoms with E-state index in [-0.39, 0.29) is 11.9 Å². The van der Waals surface area contributed by atoms with E-state index < -0.39 is 0 Å². The van der Waals surface area contributed by atoms with Crippen molar-refractivity contribution in [1.82, 2.24) is 24.8 Å². The molecule has 3 aromatic heterocycles. The molecule has 0 saturated carbocycles. The van der Waals surface area contributed by atoms with Gasteiger partial charge in [-0.3, -0.25) is 24.6 Å². The molecule has 164 valence electrons. The molecule has 3 aromatic rings. The van der Waals surface area contributed by atoms with Gasteiger partial charge >= 0.3 is 0 Å². The number of rotatable bonds is 5. The SMILES string of the molecule is Cc1nc(C2CCCCN2Cc2ccccn2)nc2c1CCC(=O)N2Cc1ccccn1. The zero-order valence-electron chi connectivity index (χ0n) is 18.4. The fourth-order valence-corrected chi connectivity index (χ4v) is 4.74. The second kappa shape index (κ2) is 9.12. The molecule has 2 aliphatic heterocycles. The largest absolute Gasteiger partial charge is 0.290 e. The van der Waals surface area contributed by atoms with Crippen molar-refractivity contribution in [3.05, 3.63) is 77.3 Å². The Labute approximate surface area is 188 Å². The number of aromatic nitrogens is 4. The molecule has 0 radical (unpaired) electrons. The van der Waals surface area contributed by atoms with Crippen LogP contribution >= 0.6 is 0 Å². The van der Waals surface area contributed by atoms with E-state index in [9.17, 15) is 4.79 Å². The molecule has 5 heterocycles. The topological polar surface area (TPSA) is 75.1 Å². The zero-order valence-corrected chi connectivity index (χ0v) is 18.4. The molecule has 1 atom stereocenters. The van der Waals surface area contributed by atoms with Gasteiger partial charge in [-0.05, 0) is 57.0 Å². The minimum absolute atomic E-state index is 0.0983. The maximum atomic E-state index is 12.9. The van der Waals surface area contributed by atoms with Gasteiger partial charge in [0.1, 0.15) is 11.6 Å². The van der Waals surface area contributed by atoms with Gasteiger partial charge < -0.3 is 0 Å². The van der Waals surface area contributed by atoms with Crippen molar-refractivity contribution in [3.8, 4) is 0 Å². The lowest BCUT2D eigenvalue weighted by Gasteiger charge is -2.36. The van der Waals surface area contributed by atoms with E-state index in [1.807, 2.05) is 43.5 Å². The normalized spacial score (nSPS) is 19.1.